The van der Waals surface area contributed by atoms with Crippen LogP contribution in [0.15, 0.2) is 0 Å². The Morgan fingerprint density at radius 2 is 1.81 bits per heavy atom. The van der Waals surface area contributed by atoms with E-state index in [-0.39, 0.29) is 12.3 Å². The molecule has 0 aromatic heterocycles. The van der Waals surface area contributed by atoms with E-state index in [1.807, 2.05) is 13.8 Å². The lowest BCUT2D eigenvalue weighted by Crippen LogP contribution is -2.44. The molecular formula is C11H20NO4-. The second-order valence-corrected chi connectivity index (χ2v) is 5.07. The van der Waals surface area contributed by atoms with Gasteiger partial charge < -0.3 is 20.0 Å². The number of carboxylic acids is 1. The van der Waals surface area contributed by atoms with Gasteiger partial charge in [0.15, 0.2) is 0 Å². The summed E-state index contributed by atoms with van der Waals surface area (Å²) in [6, 6.07) is -0.472. The molecule has 0 saturated heterocycles. The Balaban J connectivity index is 4.30. The van der Waals surface area contributed by atoms with Crippen LogP contribution in [0.1, 0.15) is 41.0 Å². The summed E-state index contributed by atoms with van der Waals surface area (Å²) in [6.45, 7) is 8.89. The lowest BCUT2D eigenvalue weighted by Gasteiger charge is -2.26. The molecule has 0 rings (SSSR count). The van der Waals surface area contributed by atoms with Gasteiger partial charge in [0.05, 0.1) is 0 Å². The zero-order chi connectivity index (χ0) is 12.9. The molecule has 0 aliphatic heterocycles. The molecule has 0 aromatic rings. The number of carbonyl (C=O) groups excluding carboxylic acids is 2. The first-order chi connectivity index (χ1) is 7.11. The lowest BCUT2D eigenvalue weighted by atomic mass is 10.0. The summed E-state index contributed by atoms with van der Waals surface area (Å²) >= 11 is 0. The van der Waals surface area contributed by atoms with Gasteiger partial charge in [-0.05, 0) is 26.7 Å². The van der Waals surface area contributed by atoms with Crippen LogP contribution in [0.25, 0.3) is 0 Å². The molecule has 0 unspecified atom stereocenters. The molecule has 0 aromatic carbocycles. The Morgan fingerprint density at radius 3 is 2.12 bits per heavy atom. The standard InChI is InChI=1S/C11H21NO4/c1-7(2)8(6-9(13)14)12-10(15)16-11(3,4)5/h7-8H,6H2,1-5H3,(H,12,15)(H,13,14)/p-1/t8-/m0/s1. The molecule has 0 aliphatic carbocycles. The van der Waals surface area contributed by atoms with Crippen LogP contribution in [-0.4, -0.2) is 23.7 Å². The zero-order valence-corrected chi connectivity index (χ0v) is 10.5. The van der Waals surface area contributed by atoms with Crippen molar-refractivity contribution in [2.24, 2.45) is 5.92 Å². The van der Waals surface area contributed by atoms with E-state index in [4.69, 9.17) is 4.74 Å². The number of hydrogen-bond acceptors (Lipinski definition) is 4. The minimum absolute atomic E-state index is 0.00502. The Labute approximate surface area is 96.2 Å². The van der Waals surface area contributed by atoms with E-state index in [1.54, 1.807) is 20.8 Å². The molecule has 0 heterocycles. The molecule has 16 heavy (non-hydrogen) atoms. The predicted octanol–water partition coefficient (Wildman–Crippen LogP) is 0.676. The highest BCUT2D eigenvalue weighted by Crippen LogP contribution is 2.10. The average Bonchev–Trinajstić information content (AvgIpc) is 1.97. The van der Waals surface area contributed by atoms with Gasteiger partial charge in [0.25, 0.3) is 0 Å². The molecule has 5 heteroatoms. The first kappa shape index (κ1) is 14.7. The highest BCUT2D eigenvalue weighted by atomic mass is 16.6. The third kappa shape index (κ3) is 7.09. The molecular weight excluding hydrogens is 210 g/mol. The van der Waals surface area contributed by atoms with Gasteiger partial charge >= 0.3 is 6.09 Å². The molecule has 0 radical (unpaired) electrons. The number of ether oxygens (including phenoxy) is 1. The Morgan fingerprint density at radius 1 is 1.31 bits per heavy atom. The fourth-order valence-corrected chi connectivity index (χ4v) is 1.09. The third-order valence-corrected chi connectivity index (χ3v) is 1.89. The van der Waals surface area contributed by atoms with E-state index >= 15 is 0 Å². The SMILES string of the molecule is CC(C)[C@H](CC(=O)[O-])NC(=O)OC(C)(C)C. The van der Waals surface area contributed by atoms with E-state index in [1.165, 1.54) is 0 Å². The van der Waals surface area contributed by atoms with Crippen LogP contribution in [0.4, 0.5) is 4.79 Å². The number of hydrogen-bond donors (Lipinski definition) is 1. The molecule has 94 valence electrons. The maximum atomic E-state index is 11.4. The topological polar surface area (TPSA) is 78.5 Å². The van der Waals surface area contributed by atoms with Crippen molar-refractivity contribution in [2.45, 2.75) is 52.7 Å². The van der Waals surface area contributed by atoms with E-state index in [0.29, 0.717) is 0 Å². The maximum absolute atomic E-state index is 11.4. The number of aliphatic carboxylic acids is 1. The Kier molecular flexibility index (Phi) is 5.27. The van der Waals surface area contributed by atoms with E-state index in [9.17, 15) is 14.7 Å². The van der Waals surface area contributed by atoms with Crippen molar-refractivity contribution in [1.29, 1.82) is 0 Å². The third-order valence-electron chi connectivity index (χ3n) is 1.89. The van der Waals surface area contributed by atoms with Crippen molar-refractivity contribution in [3.8, 4) is 0 Å². The van der Waals surface area contributed by atoms with Crippen molar-refractivity contribution < 1.29 is 19.4 Å². The van der Waals surface area contributed by atoms with Gasteiger partial charge in [0.2, 0.25) is 0 Å². The van der Waals surface area contributed by atoms with Gasteiger partial charge in [-0.3, -0.25) is 0 Å². The molecule has 0 aliphatic rings. The van der Waals surface area contributed by atoms with Gasteiger partial charge in [0, 0.05) is 18.4 Å². The van der Waals surface area contributed by atoms with Crippen molar-refractivity contribution in [3.05, 3.63) is 0 Å². The lowest BCUT2D eigenvalue weighted by molar-refractivity contribution is -0.306. The molecule has 0 spiro atoms. The average molecular weight is 230 g/mol. The fraction of sp³-hybridized carbons (Fsp3) is 0.818. The molecule has 0 fully saturated rings. The smallest absolute Gasteiger partial charge is 0.407 e. The van der Waals surface area contributed by atoms with E-state index in [0.717, 1.165) is 0 Å². The normalized spacial score (nSPS) is 13.4. The second kappa shape index (κ2) is 5.72. The van der Waals surface area contributed by atoms with Crippen molar-refractivity contribution in [3.63, 3.8) is 0 Å². The first-order valence-corrected chi connectivity index (χ1v) is 5.31. The van der Waals surface area contributed by atoms with E-state index < -0.39 is 23.7 Å². The summed E-state index contributed by atoms with van der Waals surface area (Å²) in [6.07, 6.45) is -0.816. The van der Waals surface area contributed by atoms with Crippen LogP contribution < -0.4 is 10.4 Å². The van der Waals surface area contributed by atoms with Gasteiger partial charge in [-0.25, -0.2) is 4.79 Å². The summed E-state index contributed by atoms with van der Waals surface area (Å²) in [5.41, 5.74) is -0.590. The van der Waals surface area contributed by atoms with Gasteiger partial charge in [-0.1, -0.05) is 13.8 Å². The molecule has 0 saturated carbocycles. The summed E-state index contributed by atoms with van der Waals surface area (Å²) in [5, 5.41) is 13.0. The van der Waals surface area contributed by atoms with E-state index in [2.05, 4.69) is 5.32 Å². The fourth-order valence-electron chi connectivity index (χ4n) is 1.09. The largest absolute Gasteiger partial charge is 0.550 e. The number of carbonyl (C=O) groups is 2. The minimum Gasteiger partial charge on any atom is -0.550 e. The molecule has 5 nitrogen and oxygen atoms in total. The summed E-state index contributed by atoms with van der Waals surface area (Å²) in [5.74, 6) is -1.18. The number of rotatable bonds is 4. The van der Waals surface area contributed by atoms with Crippen LogP contribution in [0, 0.1) is 5.92 Å². The highest BCUT2D eigenvalue weighted by molar-refractivity contribution is 5.70. The van der Waals surface area contributed by atoms with Crippen LogP contribution >= 0.6 is 0 Å². The van der Waals surface area contributed by atoms with Gasteiger partial charge in [-0.15, -0.1) is 0 Å². The number of carboxylic acid groups (broad SMARTS) is 1. The quantitative estimate of drug-likeness (QED) is 0.770. The Hall–Kier alpha value is -1.26. The number of nitrogens with one attached hydrogen (secondary N) is 1. The van der Waals surface area contributed by atoms with Crippen LogP contribution in [0.3, 0.4) is 0 Å². The summed E-state index contributed by atoms with van der Waals surface area (Å²) < 4.78 is 5.04. The molecule has 1 atom stereocenters. The predicted molar refractivity (Wildman–Crippen MR) is 57.6 cm³/mol. The summed E-state index contributed by atoms with van der Waals surface area (Å²) in [4.78, 5) is 21.9. The Bertz CT molecular complexity index is 255. The van der Waals surface area contributed by atoms with Gasteiger partial charge in [0.1, 0.15) is 5.60 Å². The number of alkyl carbamates (subject to hydrolysis) is 1. The molecule has 1 N–H and O–H groups in total. The summed E-state index contributed by atoms with van der Waals surface area (Å²) in [7, 11) is 0. The first-order valence-electron chi connectivity index (χ1n) is 5.31. The molecule has 0 bridgehead atoms. The maximum Gasteiger partial charge on any atom is 0.407 e. The van der Waals surface area contributed by atoms with Crippen molar-refractivity contribution >= 4 is 12.1 Å². The molecule has 1 amide bonds. The second-order valence-electron chi connectivity index (χ2n) is 5.07. The van der Waals surface area contributed by atoms with Gasteiger partial charge in [-0.2, -0.15) is 0 Å². The van der Waals surface area contributed by atoms with Crippen LogP contribution in [0.5, 0.6) is 0 Å². The van der Waals surface area contributed by atoms with Crippen molar-refractivity contribution in [1.82, 2.24) is 5.32 Å². The van der Waals surface area contributed by atoms with Crippen LogP contribution in [-0.2, 0) is 9.53 Å². The van der Waals surface area contributed by atoms with Crippen LogP contribution in [0.2, 0.25) is 0 Å². The zero-order valence-electron chi connectivity index (χ0n) is 10.5. The monoisotopic (exact) mass is 230 g/mol. The minimum atomic E-state index is -1.19. The highest BCUT2D eigenvalue weighted by Gasteiger charge is 2.21. The van der Waals surface area contributed by atoms with Crippen molar-refractivity contribution in [2.75, 3.05) is 0 Å². The number of amides is 1.